The van der Waals surface area contributed by atoms with Crippen LogP contribution in [0.2, 0.25) is 0 Å². The summed E-state index contributed by atoms with van der Waals surface area (Å²) < 4.78 is 3.07. The molecule has 0 spiro atoms. The molecule has 3 aromatic rings. The predicted molar refractivity (Wildman–Crippen MR) is 100 cm³/mol. The van der Waals surface area contributed by atoms with Crippen LogP contribution in [0, 0.1) is 0 Å². The van der Waals surface area contributed by atoms with Gasteiger partial charge in [0.05, 0.1) is 15.1 Å². The summed E-state index contributed by atoms with van der Waals surface area (Å²) in [6.45, 7) is 0.459. The van der Waals surface area contributed by atoms with Crippen molar-refractivity contribution >= 4 is 44.7 Å². The summed E-state index contributed by atoms with van der Waals surface area (Å²) in [5.74, 6) is -0.264. The maximum Gasteiger partial charge on any atom is 0.261 e. The topological polar surface area (TPSA) is 75.5 Å². The number of nitrogens with zero attached hydrogens (tertiary/aromatic N) is 2. The van der Waals surface area contributed by atoms with Crippen LogP contribution in [0.1, 0.15) is 22.5 Å². The van der Waals surface area contributed by atoms with Crippen LogP contribution in [0.5, 0.6) is 0 Å². The monoisotopic (exact) mass is 374 g/mol. The zero-order valence-corrected chi connectivity index (χ0v) is 15.3. The number of fused-ring (bicyclic) bond motifs is 1. The van der Waals surface area contributed by atoms with Gasteiger partial charge in [0.25, 0.3) is 5.91 Å². The molecule has 0 bridgehead atoms. The fourth-order valence-electron chi connectivity index (χ4n) is 2.30. The van der Waals surface area contributed by atoms with Gasteiger partial charge in [0.15, 0.2) is 0 Å². The highest BCUT2D eigenvalue weighted by molar-refractivity contribution is 7.16. The van der Waals surface area contributed by atoms with Crippen LogP contribution in [0.15, 0.2) is 46.9 Å². The van der Waals surface area contributed by atoms with Crippen molar-refractivity contribution in [2.45, 2.75) is 12.8 Å². The lowest BCUT2D eigenvalue weighted by molar-refractivity contribution is -0.121. The number of thiazole rings is 1. The predicted octanol–water partition coefficient (Wildman–Crippen LogP) is 2.44. The van der Waals surface area contributed by atoms with Crippen molar-refractivity contribution in [1.82, 2.24) is 15.3 Å². The minimum atomic E-state index is -0.164. The smallest absolute Gasteiger partial charge is 0.261 e. The number of carbonyl (C=O) groups is 2. The number of nitrogens with one attached hydrogen (secondary N) is 2. The molecule has 0 saturated carbocycles. The van der Waals surface area contributed by atoms with E-state index >= 15 is 0 Å². The van der Waals surface area contributed by atoms with E-state index in [1.807, 2.05) is 47.3 Å². The quantitative estimate of drug-likeness (QED) is 0.514. The summed E-state index contributed by atoms with van der Waals surface area (Å²) in [6, 6.07) is 11.6. The van der Waals surface area contributed by atoms with E-state index in [9.17, 15) is 9.59 Å². The first kappa shape index (κ1) is 17.4. The molecule has 0 aliphatic carbocycles. The lowest BCUT2D eigenvalue weighted by Gasteiger charge is -2.03. The van der Waals surface area contributed by atoms with Gasteiger partial charge in [-0.05, 0) is 30.0 Å². The molecule has 0 fully saturated rings. The lowest BCUT2D eigenvalue weighted by atomic mass is 10.3. The number of benzene rings is 1. The number of hydrogen-bond acceptors (Lipinski definition) is 5. The molecule has 130 valence electrons. The average Bonchev–Trinajstić information content (AvgIpc) is 3.26. The van der Waals surface area contributed by atoms with Crippen molar-refractivity contribution in [3.63, 3.8) is 0 Å². The molecule has 0 radical (unpaired) electrons. The van der Waals surface area contributed by atoms with E-state index in [1.54, 1.807) is 6.07 Å². The van der Waals surface area contributed by atoms with Gasteiger partial charge in [-0.25, -0.2) is 5.43 Å². The summed E-state index contributed by atoms with van der Waals surface area (Å²) in [5, 5.41) is 8.85. The SMILES string of the molecule is Cn1/c(=N/NC(=O)CCCNC(=O)c2cccs2)sc2ccccc21. The molecular weight excluding hydrogens is 356 g/mol. The van der Waals surface area contributed by atoms with Crippen molar-refractivity contribution in [2.24, 2.45) is 12.1 Å². The Labute approximate surface area is 152 Å². The molecule has 0 atom stereocenters. The lowest BCUT2D eigenvalue weighted by Crippen LogP contribution is -2.26. The highest BCUT2D eigenvalue weighted by atomic mass is 32.1. The minimum Gasteiger partial charge on any atom is -0.351 e. The molecule has 2 heterocycles. The number of para-hydroxylation sites is 1. The normalized spacial score (nSPS) is 11.6. The van der Waals surface area contributed by atoms with Crippen molar-refractivity contribution in [3.05, 3.63) is 51.5 Å². The number of amides is 2. The van der Waals surface area contributed by atoms with Crippen LogP contribution in [0.3, 0.4) is 0 Å². The first-order valence-electron chi connectivity index (χ1n) is 7.84. The number of thiophene rings is 1. The van der Waals surface area contributed by atoms with Crippen molar-refractivity contribution in [2.75, 3.05) is 6.54 Å². The molecule has 0 aliphatic rings. The van der Waals surface area contributed by atoms with E-state index < -0.39 is 0 Å². The Balaban J connectivity index is 1.47. The van der Waals surface area contributed by atoms with E-state index in [2.05, 4.69) is 15.8 Å². The van der Waals surface area contributed by atoms with Crippen molar-refractivity contribution in [3.8, 4) is 0 Å². The Morgan fingerprint density at radius 2 is 2.04 bits per heavy atom. The van der Waals surface area contributed by atoms with Gasteiger partial charge in [-0.2, -0.15) is 0 Å². The molecule has 6 nitrogen and oxygen atoms in total. The van der Waals surface area contributed by atoms with Gasteiger partial charge in [-0.3, -0.25) is 9.59 Å². The third kappa shape index (κ3) is 4.34. The minimum absolute atomic E-state index is 0.0996. The Kier molecular flexibility index (Phi) is 5.62. The molecule has 2 N–H and O–H groups in total. The van der Waals surface area contributed by atoms with Crippen LogP contribution in [0.4, 0.5) is 0 Å². The highest BCUT2D eigenvalue weighted by Crippen LogP contribution is 2.14. The van der Waals surface area contributed by atoms with Gasteiger partial charge in [-0.1, -0.05) is 29.5 Å². The van der Waals surface area contributed by atoms with Crippen LogP contribution in [-0.2, 0) is 11.8 Å². The standard InChI is InChI=1S/C17H18N4O2S2/c1-21-12-6-2-3-7-13(12)25-17(21)20-19-15(22)9-4-10-18-16(23)14-8-5-11-24-14/h2-3,5-8,11H,4,9-10H2,1H3,(H,18,23)(H,19,22)/b20-17-. The molecule has 2 amide bonds. The van der Waals surface area contributed by atoms with Gasteiger partial charge < -0.3 is 9.88 Å². The third-order valence-corrected chi connectivity index (χ3v) is 5.58. The summed E-state index contributed by atoms with van der Waals surface area (Å²) in [4.78, 5) is 25.1. The zero-order chi connectivity index (χ0) is 17.6. The second-order valence-electron chi connectivity index (χ2n) is 5.39. The Bertz CT molecular complexity index is 941. The summed E-state index contributed by atoms with van der Waals surface area (Å²) in [5.41, 5.74) is 3.66. The Hall–Kier alpha value is -2.45. The fraction of sp³-hybridized carbons (Fsp3) is 0.235. The number of aryl methyl sites for hydroxylation is 1. The molecule has 3 rings (SSSR count). The van der Waals surface area contributed by atoms with E-state index in [0.717, 1.165) is 15.0 Å². The number of aromatic nitrogens is 1. The number of carbonyl (C=O) groups excluding carboxylic acids is 2. The molecule has 0 aliphatic heterocycles. The molecule has 2 aromatic heterocycles. The number of hydrogen-bond donors (Lipinski definition) is 2. The van der Waals surface area contributed by atoms with Gasteiger partial charge in [0.2, 0.25) is 10.7 Å². The van der Waals surface area contributed by atoms with Crippen LogP contribution < -0.4 is 15.5 Å². The first-order chi connectivity index (χ1) is 12.1. The highest BCUT2D eigenvalue weighted by Gasteiger charge is 2.06. The van der Waals surface area contributed by atoms with Gasteiger partial charge in [0, 0.05) is 20.0 Å². The molecule has 8 heteroatoms. The molecule has 0 unspecified atom stereocenters. The van der Waals surface area contributed by atoms with Crippen LogP contribution in [-0.4, -0.2) is 22.9 Å². The van der Waals surface area contributed by atoms with E-state index in [4.69, 9.17) is 0 Å². The molecular formula is C17H18N4O2S2. The maximum absolute atomic E-state index is 11.9. The molecule has 1 aromatic carbocycles. The first-order valence-corrected chi connectivity index (χ1v) is 9.53. The Morgan fingerprint density at radius 3 is 2.80 bits per heavy atom. The zero-order valence-electron chi connectivity index (χ0n) is 13.7. The van der Waals surface area contributed by atoms with Gasteiger partial charge >= 0.3 is 0 Å². The van der Waals surface area contributed by atoms with Crippen molar-refractivity contribution < 1.29 is 9.59 Å². The maximum atomic E-state index is 11.9. The van der Waals surface area contributed by atoms with Gasteiger partial charge in [-0.15, -0.1) is 16.4 Å². The number of rotatable bonds is 6. The largest absolute Gasteiger partial charge is 0.351 e. The van der Waals surface area contributed by atoms with Crippen LogP contribution >= 0.6 is 22.7 Å². The molecule has 25 heavy (non-hydrogen) atoms. The second kappa shape index (κ2) is 8.09. The van der Waals surface area contributed by atoms with E-state index in [-0.39, 0.29) is 11.8 Å². The van der Waals surface area contributed by atoms with Crippen LogP contribution in [0.25, 0.3) is 10.2 Å². The summed E-state index contributed by atoms with van der Waals surface area (Å²) in [7, 11) is 1.92. The van der Waals surface area contributed by atoms with E-state index in [1.165, 1.54) is 22.7 Å². The second-order valence-corrected chi connectivity index (χ2v) is 7.35. The van der Waals surface area contributed by atoms with Crippen molar-refractivity contribution in [1.29, 1.82) is 0 Å². The van der Waals surface area contributed by atoms with Gasteiger partial charge in [0.1, 0.15) is 0 Å². The summed E-state index contributed by atoms with van der Waals surface area (Å²) >= 11 is 2.92. The van der Waals surface area contributed by atoms with E-state index in [0.29, 0.717) is 24.3 Å². The molecule has 0 saturated heterocycles. The Morgan fingerprint density at radius 1 is 1.20 bits per heavy atom. The average molecular weight is 374 g/mol. The summed E-state index contributed by atoms with van der Waals surface area (Å²) in [6.07, 6.45) is 0.875. The fourth-order valence-corrected chi connectivity index (χ4v) is 3.92. The third-order valence-electron chi connectivity index (χ3n) is 3.60.